The first-order valence-electron chi connectivity index (χ1n) is 10.7. The summed E-state index contributed by atoms with van der Waals surface area (Å²) in [5.74, 6) is -8.14. The van der Waals surface area contributed by atoms with Crippen molar-refractivity contribution in [3.63, 3.8) is 0 Å². The average Bonchev–Trinajstić information content (AvgIpc) is 2.90. The first kappa shape index (κ1) is 33.2. The van der Waals surface area contributed by atoms with Crippen LogP contribution in [0, 0.1) is 3.57 Å². The maximum absolute atomic E-state index is 14.8. The van der Waals surface area contributed by atoms with E-state index < -0.39 is 44.9 Å². The van der Waals surface area contributed by atoms with E-state index in [-0.39, 0.29) is 39.8 Å². The standard InChI is InChI=1S/C24H13ClF9I2N3O2/c1-38(19(40)13-5-8-18(25)37-11-13)15-4-2-3-12(9-15)20(41)39(36)17-7-6-14(10-16(17)35)21(26,23(29,30)31)22(27,28)24(32,33)34/h2-11H,1H3. The Hall–Kier alpha value is -2.35. The highest BCUT2D eigenvalue weighted by atomic mass is 127. The number of hydrogen-bond acceptors (Lipinski definition) is 3. The van der Waals surface area contributed by atoms with Crippen LogP contribution >= 0.6 is 57.1 Å². The third kappa shape index (κ3) is 6.23. The number of anilines is 2. The quantitative estimate of drug-likeness (QED) is 0.108. The van der Waals surface area contributed by atoms with Crippen molar-refractivity contribution in [2.24, 2.45) is 0 Å². The molecule has 0 saturated carbocycles. The number of nitrogens with zero attached hydrogens (tertiary/aromatic N) is 3. The van der Waals surface area contributed by atoms with E-state index >= 15 is 0 Å². The highest BCUT2D eigenvalue weighted by Crippen LogP contribution is 2.58. The Morgan fingerprint density at radius 3 is 1.98 bits per heavy atom. The summed E-state index contributed by atoms with van der Waals surface area (Å²) in [6.07, 6.45) is -12.3. The number of amides is 2. The smallest absolute Gasteiger partial charge is 0.311 e. The summed E-state index contributed by atoms with van der Waals surface area (Å²) in [6.45, 7) is 0. The number of halogens is 12. The molecule has 0 aliphatic carbocycles. The van der Waals surface area contributed by atoms with Gasteiger partial charge in [-0.2, -0.15) is 35.1 Å². The zero-order chi connectivity index (χ0) is 31.1. The van der Waals surface area contributed by atoms with Crippen LogP contribution < -0.4 is 8.01 Å². The molecule has 0 radical (unpaired) electrons. The van der Waals surface area contributed by atoms with Gasteiger partial charge in [0.1, 0.15) is 5.15 Å². The first-order valence-corrected chi connectivity index (χ1v) is 13.2. The molecule has 0 saturated heterocycles. The van der Waals surface area contributed by atoms with Crippen molar-refractivity contribution in [3.8, 4) is 0 Å². The first-order chi connectivity index (χ1) is 18.7. The van der Waals surface area contributed by atoms with Crippen LogP contribution in [-0.2, 0) is 5.67 Å². The zero-order valence-electron chi connectivity index (χ0n) is 20.0. The van der Waals surface area contributed by atoms with Gasteiger partial charge in [0, 0.05) is 33.6 Å². The van der Waals surface area contributed by atoms with Crippen LogP contribution in [0.2, 0.25) is 5.15 Å². The summed E-state index contributed by atoms with van der Waals surface area (Å²) in [5.41, 5.74) is -7.96. The normalized spacial score (nSPS) is 13.9. The van der Waals surface area contributed by atoms with E-state index in [1.807, 2.05) is 0 Å². The summed E-state index contributed by atoms with van der Waals surface area (Å²) in [5, 5.41) is 0.159. The Morgan fingerprint density at radius 2 is 1.46 bits per heavy atom. The molecule has 41 heavy (non-hydrogen) atoms. The average molecular weight is 836 g/mol. The highest BCUT2D eigenvalue weighted by molar-refractivity contribution is 14.1. The molecule has 2 aromatic carbocycles. The Morgan fingerprint density at radius 1 is 0.829 bits per heavy atom. The second-order valence-electron chi connectivity index (χ2n) is 8.26. The second kappa shape index (κ2) is 11.7. The lowest BCUT2D eigenvalue weighted by Gasteiger charge is -2.36. The maximum atomic E-state index is 14.8. The molecule has 3 aromatic rings. The second-order valence-corrected chi connectivity index (χ2v) is 10.8. The van der Waals surface area contributed by atoms with Crippen molar-refractivity contribution in [3.05, 3.63) is 86.2 Å². The van der Waals surface area contributed by atoms with Crippen LogP contribution in [-0.4, -0.2) is 42.1 Å². The highest BCUT2D eigenvalue weighted by Gasteiger charge is 2.81. The molecular formula is C24H13ClF9I2N3O2. The van der Waals surface area contributed by atoms with Gasteiger partial charge in [0.15, 0.2) is 0 Å². The van der Waals surface area contributed by atoms with Crippen LogP contribution in [0.1, 0.15) is 26.3 Å². The summed E-state index contributed by atoms with van der Waals surface area (Å²) < 4.78 is 122. The number of rotatable bonds is 6. The molecule has 0 spiro atoms. The SMILES string of the molecule is CN(C(=O)c1ccc(Cl)nc1)c1cccc(C(=O)N(I)c2ccc(C(F)(C(F)(F)F)C(F)(F)C(F)(F)F)cc2I)c1. The van der Waals surface area contributed by atoms with Crippen LogP contribution in [0.15, 0.2) is 60.8 Å². The molecule has 1 atom stereocenters. The fourth-order valence-electron chi connectivity index (χ4n) is 3.48. The van der Waals surface area contributed by atoms with Crippen molar-refractivity contribution in [2.45, 2.75) is 23.9 Å². The lowest BCUT2D eigenvalue weighted by molar-refractivity contribution is -0.389. The maximum Gasteiger partial charge on any atom is 0.457 e. The van der Waals surface area contributed by atoms with Crippen LogP contribution in [0.5, 0.6) is 0 Å². The van der Waals surface area contributed by atoms with E-state index in [1.54, 1.807) is 0 Å². The van der Waals surface area contributed by atoms with E-state index in [2.05, 4.69) is 4.98 Å². The van der Waals surface area contributed by atoms with Crippen molar-refractivity contribution < 1.29 is 49.1 Å². The minimum Gasteiger partial charge on any atom is -0.311 e. The van der Waals surface area contributed by atoms with Crippen LogP contribution in [0.4, 0.5) is 50.9 Å². The molecule has 220 valence electrons. The third-order valence-corrected chi connectivity index (χ3v) is 7.72. The fourth-order valence-corrected chi connectivity index (χ4v) is 5.51. The topological polar surface area (TPSA) is 53.5 Å². The third-order valence-electron chi connectivity index (χ3n) is 5.67. The van der Waals surface area contributed by atoms with Gasteiger partial charge in [-0.3, -0.25) is 9.59 Å². The predicted octanol–water partition coefficient (Wildman–Crippen LogP) is 8.54. The van der Waals surface area contributed by atoms with E-state index in [0.717, 1.165) is 3.11 Å². The molecule has 17 heteroatoms. The van der Waals surface area contributed by atoms with E-state index in [1.165, 1.54) is 100.0 Å². The predicted molar refractivity (Wildman–Crippen MR) is 148 cm³/mol. The number of carbonyl (C=O) groups is 2. The molecule has 3 rings (SSSR count). The van der Waals surface area contributed by atoms with Gasteiger partial charge in [-0.1, -0.05) is 23.7 Å². The van der Waals surface area contributed by atoms with E-state index in [0.29, 0.717) is 6.07 Å². The van der Waals surface area contributed by atoms with Gasteiger partial charge in [0.25, 0.3) is 11.8 Å². The summed E-state index contributed by atoms with van der Waals surface area (Å²) in [4.78, 5) is 30.9. The Kier molecular flexibility index (Phi) is 9.49. The monoisotopic (exact) mass is 835 g/mol. The Labute approximate surface area is 258 Å². The summed E-state index contributed by atoms with van der Waals surface area (Å²) in [7, 11) is 1.41. The molecule has 0 N–H and O–H groups in total. The van der Waals surface area contributed by atoms with Crippen molar-refractivity contribution in [1.29, 1.82) is 0 Å². The van der Waals surface area contributed by atoms with Crippen LogP contribution in [0.3, 0.4) is 0 Å². The lowest BCUT2D eigenvalue weighted by Crippen LogP contribution is -2.59. The van der Waals surface area contributed by atoms with Gasteiger partial charge in [0.2, 0.25) is 0 Å². The number of carbonyl (C=O) groups excluding carboxylic acids is 2. The van der Waals surface area contributed by atoms with Gasteiger partial charge < -0.3 is 4.90 Å². The molecule has 0 aliphatic rings. The molecule has 5 nitrogen and oxygen atoms in total. The van der Waals surface area contributed by atoms with Gasteiger partial charge >= 0.3 is 23.9 Å². The fraction of sp³-hybridized carbons (Fsp3) is 0.208. The van der Waals surface area contributed by atoms with Crippen molar-refractivity contribution >= 4 is 80.2 Å². The van der Waals surface area contributed by atoms with Crippen molar-refractivity contribution in [1.82, 2.24) is 4.98 Å². The molecule has 0 aliphatic heterocycles. The Balaban J connectivity index is 1.94. The largest absolute Gasteiger partial charge is 0.457 e. The van der Waals surface area contributed by atoms with E-state index in [4.69, 9.17) is 11.6 Å². The summed E-state index contributed by atoms with van der Waals surface area (Å²) >= 11 is 8.43. The van der Waals surface area contributed by atoms with Crippen molar-refractivity contribution in [2.75, 3.05) is 15.1 Å². The molecule has 1 heterocycles. The summed E-state index contributed by atoms with van der Waals surface area (Å²) in [6, 6.07) is 9.25. The molecule has 2 amide bonds. The number of hydrogen-bond donors (Lipinski definition) is 0. The minimum atomic E-state index is -6.86. The Bertz CT molecular complexity index is 1470. The van der Waals surface area contributed by atoms with Gasteiger partial charge in [-0.15, -0.1) is 0 Å². The lowest BCUT2D eigenvalue weighted by atomic mass is 9.87. The minimum absolute atomic E-state index is 0.0376. The zero-order valence-corrected chi connectivity index (χ0v) is 25.0. The number of aromatic nitrogens is 1. The molecule has 1 unspecified atom stereocenters. The number of benzene rings is 2. The van der Waals surface area contributed by atoms with E-state index in [9.17, 15) is 49.1 Å². The molecule has 0 fully saturated rings. The number of pyridine rings is 1. The number of alkyl halides is 9. The van der Waals surface area contributed by atoms with Gasteiger partial charge in [-0.05, 0) is 65.1 Å². The van der Waals surface area contributed by atoms with Gasteiger partial charge in [0.05, 0.1) is 34.1 Å². The molecular weight excluding hydrogens is 823 g/mol. The molecule has 0 bridgehead atoms. The van der Waals surface area contributed by atoms with Crippen LogP contribution in [0.25, 0.3) is 0 Å². The van der Waals surface area contributed by atoms with Gasteiger partial charge in [-0.25, -0.2) is 12.5 Å². The molecule has 1 aromatic heterocycles.